The number of benzene rings is 1. The van der Waals surface area contributed by atoms with Crippen molar-refractivity contribution in [1.82, 2.24) is 0 Å². The van der Waals surface area contributed by atoms with E-state index < -0.39 is 0 Å². The smallest absolute Gasteiger partial charge is 0.138 e. The Morgan fingerprint density at radius 2 is 2.27 bits per heavy atom. The van der Waals surface area contributed by atoms with Crippen molar-refractivity contribution in [3.8, 4) is 11.8 Å². The van der Waals surface area contributed by atoms with Crippen LogP contribution in [0.2, 0.25) is 5.02 Å². The molecule has 80 valence electrons. The molecular formula is C12H14ClNO. The van der Waals surface area contributed by atoms with E-state index in [0.717, 1.165) is 12.8 Å². The van der Waals surface area contributed by atoms with Gasteiger partial charge in [-0.15, -0.1) is 0 Å². The van der Waals surface area contributed by atoms with Crippen LogP contribution in [-0.2, 0) is 0 Å². The van der Waals surface area contributed by atoms with Crippen molar-refractivity contribution in [2.75, 3.05) is 0 Å². The number of hydrogen-bond acceptors (Lipinski definition) is 2. The van der Waals surface area contributed by atoms with Crippen molar-refractivity contribution in [3.05, 3.63) is 28.8 Å². The van der Waals surface area contributed by atoms with Crippen molar-refractivity contribution in [3.63, 3.8) is 0 Å². The van der Waals surface area contributed by atoms with Gasteiger partial charge in [-0.1, -0.05) is 31.0 Å². The van der Waals surface area contributed by atoms with Crippen LogP contribution in [0.5, 0.6) is 5.75 Å². The van der Waals surface area contributed by atoms with E-state index in [1.807, 2.05) is 6.92 Å². The van der Waals surface area contributed by atoms with Gasteiger partial charge in [0.05, 0.1) is 11.1 Å². The number of ether oxygens (including phenoxy) is 1. The Morgan fingerprint density at radius 3 is 2.87 bits per heavy atom. The van der Waals surface area contributed by atoms with Gasteiger partial charge in [-0.05, 0) is 25.5 Å². The minimum atomic E-state index is 0.112. The lowest BCUT2D eigenvalue weighted by atomic mass is 10.2. The van der Waals surface area contributed by atoms with E-state index in [9.17, 15) is 0 Å². The standard InChI is InChI=1S/C12H14ClNO/c1-3-5-9(2)15-12-7-4-6-11(13)10(12)8-14/h4,6-7,9H,3,5H2,1-2H3. The summed E-state index contributed by atoms with van der Waals surface area (Å²) in [4.78, 5) is 0. The molecule has 0 fully saturated rings. The van der Waals surface area contributed by atoms with Crippen LogP contribution < -0.4 is 4.74 Å². The number of nitrogens with zero attached hydrogens (tertiary/aromatic N) is 1. The van der Waals surface area contributed by atoms with Gasteiger partial charge in [0.15, 0.2) is 0 Å². The molecule has 0 saturated carbocycles. The molecule has 0 amide bonds. The maximum atomic E-state index is 8.93. The van der Waals surface area contributed by atoms with Gasteiger partial charge >= 0.3 is 0 Å². The Balaban J connectivity index is 2.86. The summed E-state index contributed by atoms with van der Waals surface area (Å²) in [5, 5.41) is 9.37. The fourth-order valence-corrected chi connectivity index (χ4v) is 1.60. The van der Waals surface area contributed by atoms with Crippen LogP contribution in [0.1, 0.15) is 32.3 Å². The molecule has 0 aliphatic heterocycles. The third kappa shape index (κ3) is 3.14. The van der Waals surface area contributed by atoms with Gasteiger partial charge in [-0.25, -0.2) is 0 Å². The first-order valence-corrected chi connectivity index (χ1v) is 5.42. The van der Waals surface area contributed by atoms with Gasteiger partial charge < -0.3 is 4.74 Å². The topological polar surface area (TPSA) is 33.0 Å². The van der Waals surface area contributed by atoms with E-state index in [1.54, 1.807) is 18.2 Å². The predicted molar refractivity (Wildman–Crippen MR) is 61.2 cm³/mol. The van der Waals surface area contributed by atoms with Crippen molar-refractivity contribution in [1.29, 1.82) is 5.26 Å². The maximum Gasteiger partial charge on any atom is 0.138 e. The van der Waals surface area contributed by atoms with Crippen LogP contribution in [0.4, 0.5) is 0 Å². The lowest BCUT2D eigenvalue weighted by Crippen LogP contribution is -2.11. The molecule has 1 atom stereocenters. The van der Waals surface area contributed by atoms with E-state index in [2.05, 4.69) is 13.0 Å². The first-order chi connectivity index (χ1) is 7.19. The summed E-state index contributed by atoms with van der Waals surface area (Å²) in [5.41, 5.74) is 0.419. The van der Waals surface area contributed by atoms with Crippen molar-refractivity contribution < 1.29 is 4.74 Å². The third-order valence-corrected chi connectivity index (χ3v) is 2.43. The Morgan fingerprint density at radius 1 is 1.53 bits per heavy atom. The minimum Gasteiger partial charge on any atom is -0.489 e. The fraction of sp³-hybridized carbons (Fsp3) is 0.417. The molecule has 2 nitrogen and oxygen atoms in total. The molecule has 0 spiro atoms. The highest BCUT2D eigenvalue weighted by Gasteiger charge is 2.10. The van der Waals surface area contributed by atoms with Gasteiger partial charge in [0.1, 0.15) is 17.4 Å². The second kappa shape index (κ2) is 5.63. The van der Waals surface area contributed by atoms with Gasteiger partial charge in [-0.2, -0.15) is 5.26 Å². The first kappa shape index (κ1) is 11.9. The molecule has 0 saturated heterocycles. The number of halogens is 1. The van der Waals surface area contributed by atoms with Gasteiger partial charge in [0.2, 0.25) is 0 Å². The molecule has 0 radical (unpaired) electrons. The summed E-state index contributed by atoms with van der Waals surface area (Å²) in [7, 11) is 0. The Hall–Kier alpha value is -1.20. The SMILES string of the molecule is CCCC(C)Oc1cccc(Cl)c1C#N. The molecule has 1 rings (SSSR count). The van der Waals surface area contributed by atoms with Crippen LogP contribution in [0.3, 0.4) is 0 Å². The fourth-order valence-electron chi connectivity index (χ4n) is 1.39. The number of hydrogen-bond donors (Lipinski definition) is 0. The largest absolute Gasteiger partial charge is 0.489 e. The lowest BCUT2D eigenvalue weighted by Gasteiger charge is -2.14. The monoisotopic (exact) mass is 223 g/mol. The third-order valence-electron chi connectivity index (χ3n) is 2.11. The van der Waals surface area contributed by atoms with Crippen molar-refractivity contribution >= 4 is 11.6 Å². The van der Waals surface area contributed by atoms with Crippen LogP contribution in [-0.4, -0.2) is 6.10 Å². The lowest BCUT2D eigenvalue weighted by molar-refractivity contribution is 0.209. The zero-order valence-electron chi connectivity index (χ0n) is 8.96. The summed E-state index contributed by atoms with van der Waals surface area (Å²) in [5.74, 6) is 0.575. The molecule has 1 aromatic carbocycles. The van der Waals surface area contributed by atoms with Crippen LogP contribution in [0.25, 0.3) is 0 Å². The highest BCUT2D eigenvalue weighted by molar-refractivity contribution is 6.31. The summed E-state index contributed by atoms with van der Waals surface area (Å²) in [6.07, 6.45) is 2.14. The molecule has 0 aliphatic carbocycles. The summed E-state index contributed by atoms with van der Waals surface area (Å²) < 4.78 is 5.65. The van der Waals surface area contributed by atoms with Gasteiger partial charge in [-0.3, -0.25) is 0 Å². The Kier molecular flexibility index (Phi) is 4.45. The van der Waals surface area contributed by atoms with E-state index >= 15 is 0 Å². The zero-order chi connectivity index (χ0) is 11.3. The average molecular weight is 224 g/mol. The Labute approximate surface area is 95.4 Å². The summed E-state index contributed by atoms with van der Waals surface area (Å²) >= 11 is 5.89. The maximum absolute atomic E-state index is 8.93. The van der Waals surface area contributed by atoms with E-state index in [0.29, 0.717) is 16.3 Å². The quantitative estimate of drug-likeness (QED) is 0.778. The van der Waals surface area contributed by atoms with Crippen molar-refractivity contribution in [2.45, 2.75) is 32.8 Å². The minimum absolute atomic E-state index is 0.112. The molecule has 1 unspecified atom stereocenters. The highest BCUT2D eigenvalue weighted by atomic mass is 35.5. The second-order valence-corrected chi connectivity index (χ2v) is 3.85. The molecular weight excluding hydrogens is 210 g/mol. The average Bonchev–Trinajstić information content (AvgIpc) is 2.18. The first-order valence-electron chi connectivity index (χ1n) is 5.04. The molecule has 15 heavy (non-hydrogen) atoms. The van der Waals surface area contributed by atoms with E-state index in [1.165, 1.54) is 0 Å². The molecule has 0 heterocycles. The van der Waals surface area contributed by atoms with E-state index in [-0.39, 0.29) is 6.10 Å². The van der Waals surface area contributed by atoms with Crippen LogP contribution in [0.15, 0.2) is 18.2 Å². The van der Waals surface area contributed by atoms with E-state index in [4.69, 9.17) is 21.6 Å². The molecule has 1 aromatic rings. The molecule has 0 N–H and O–H groups in total. The van der Waals surface area contributed by atoms with Crippen LogP contribution >= 0.6 is 11.6 Å². The summed E-state index contributed by atoms with van der Waals surface area (Å²) in [6, 6.07) is 7.31. The highest BCUT2D eigenvalue weighted by Crippen LogP contribution is 2.26. The van der Waals surface area contributed by atoms with Gasteiger partial charge in [0, 0.05) is 0 Å². The predicted octanol–water partition coefficient (Wildman–Crippen LogP) is 3.78. The molecule has 3 heteroatoms. The Bertz CT molecular complexity index is 370. The summed E-state index contributed by atoms with van der Waals surface area (Å²) in [6.45, 7) is 4.09. The molecule has 0 aromatic heterocycles. The van der Waals surface area contributed by atoms with Gasteiger partial charge in [0.25, 0.3) is 0 Å². The number of rotatable bonds is 4. The number of nitriles is 1. The zero-order valence-corrected chi connectivity index (χ0v) is 9.71. The second-order valence-electron chi connectivity index (χ2n) is 3.44. The molecule has 0 bridgehead atoms. The van der Waals surface area contributed by atoms with Crippen molar-refractivity contribution in [2.24, 2.45) is 0 Å². The normalized spacial score (nSPS) is 11.9. The van der Waals surface area contributed by atoms with Crippen LogP contribution in [0, 0.1) is 11.3 Å². The molecule has 0 aliphatic rings.